The number of aldehydes is 1. The maximum atomic E-state index is 10.6. The van der Waals surface area contributed by atoms with E-state index in [1.807, 2.05) is 36.4 Å². The second kappa shape index (κ2) is 8.55. The number of hydrogen-bond donors (Lipinski definition) is 1. The van der Waals surface area contributed by atoms with Crippen LogP contribution in [0.2, 0.25) is 0 Å². The minimum Gasteiger partial charge on any atom is -0.493 e. The van der Waals surface area contributed by atoms with Gasteiger partial charge in [-0.05, 0) is 24.3 Å². The van der Waals surface area contributed by atoms with Crippen LogP contribution in [0.25, 0.3) is 10.4 Å². The Balaban J connectivity index is 1.81. The third kappa shape index (κ3) is 4.20. The third-order valence-corrected chi connectivity index (χ3v) is 5.09. The number of pyridine rings is 1. The average molecular weight is 384 g/mol. The fourth-order valence-electron chi connectivity index (χ4n) is 2.64. The number of thiophene rings is 1. The van der Waals surface area contributed by atoms with Gasteiger partial charge < -0.3 is 24.3 Å². The molecule has 0 bridgehead atoms. The van der Waals surface area contributed by atoms with Crippen molar-refractivity contribution in [1.82, 2.24) is 4.98 Å². The van der Waals surface area contributed by atoms with E-state index in [4.69, 9.17) is 14.2 Å². The van der Waals surface area contributed by atoms with Crippen molar-refractivity contribution < 1.29 is 19.0 Å². The predicted molar refractivity (Wildman–Crippen MR) is 107 cm³/mol. The highest BCUT2D eigenvalue weighted by molar-refractivity contribution is 7.15. The van der Waals surface area contributed by atoms with Crippen molar-refractivity contribution in [2.75, 3.05) is 26.6 Å². The number of carbonyl (C=O) groups is 1. The molecule has 3 rings (SSSR count). The van der Waals surface area contributed by atoms with E-state index in [9.17, 15) is 4.79 Å². The SMILES string of the molecule is COc1cc(Nc2ccc(-c3ccc(CC=O)s3)cn2)cc(OC)c1OC. The topological polar surface area (TPSA) is 69.7 Å². The number of methoxy groups -OCH3 is 3. The fourth-order valence-corrected chi connectivity index (χ4v) is 3.58. The summed E-state index contributed by atoms with van der Waals surface area (Å²) in [6.07, 6.45) is 3.16. The van der Waals surface area contributed by atoms with E-state index in [2.05, 4.69) is 10.3 Å². The van der Waals surface area contributed by atoms with E-state index in [1.54, 1.807) is 38.9 Å². The highest BCUT2D eigenvalue weighted by Gasteiger charge is 2.13. The summed E-state index contributed by atoms with van der Waals surface area (Å²) in [7, 11) is 4.72. The standard InChI is InChI=1S/C20H20N2O4S/c1-24-16-10-14(11-17(25-2)20(16)26-3)22-19-7-4-13(12-21-19)18-6-5-15(27-18)8-9-23/h4-7,9-12H,8H2,1-3H3,(H,21,22). The summed E-state index contributed by atoms with van der Waals surface area (Å²) in [5.74, 6) is 2.37. The first-order valence-electron chi connectivity index (χ1n) is 8.24. The molecule has 0 fully saturated rings. The molecule has 140 valence electrons. The molecule has 0 atom stereocenters. The Hall–Kier alpha value is -3.06. The number of nitrogens with one attached hydrogen (secondary N) is 1. The lowest BCUT2D eigenvalue weighted by molar-refractivity contribution is -0.107. The molecule has 0 unspecified atom stereocenters. The van der Waals surface area contributed by atoms with E-state index < -0.39 is 0 Å². The number of carbonyl (C=O) groups excluding carboxylic acids is 1. The number of hydrogen-bond acceptors (Lipinski definition) is 7. The maximum absolute atomic E-state index is 10.6. The molecule has 0 aliphatic rings. The number of nitrogens with zero attached hydrogens (tertiary/aromatic N) is 1. The summed E-state index contributed by atoms with van der Waals surface area (Å²) in [4.78, 5) is 17.2. The Bertz CT molecular complexity index is 897. The number of ether oxygens (including phenoxy) is 3. The van der Waals surface area contributed by atoms with Gasteiger partial charge in [-0.15, -0.1) is 11.3 Å². The molecule has 0 amide bonds. The largest absolute Gasteiger partial charge is 0.493 e. The normalized spacial score (nSPS) is 10.3. The van der Waals surface area contributed by atoms with Crippen molar-refractivity contribution in [3.05, 3.63) is 47.5 Å². The van der Waals surface area contributed by atoms with Gasteiger partial charge in [-0.2, -0.15) is 0 Å². The summed E-state index contributed by atoms with van der Waals surface area (Å²) < 4.78 is 16.1. The van der Waals surface area contributed by atoms with Crippen LogP contribution in [0.3, 0.4) is 0 Å². The van der Waals surface area contributed by atoms with Gasteiger partial charge in [-0.3, -0.25) is 0 Å². The molecular formula is C20H20N2O4S. The Kier molecular flexibility index (Phi) is 5.93. The lowest BCUT2D eigenvalue weighted by Gasteiger charge is -2.15. The van der Waals surface area contributed by atoms with Gasteiger partial charge >= 0.3 is 0 Å². The molecule has 27 heavy (non-hydrogen) atoms. The number of rotatable bonds is 8. The lowest BCUT2D eigenvalue weighted by atomic mass is 10.2. The van der Waals surface area contributed by atoms with E-state index in [0.29, 0.717) is 29.5 Å². The van der Waals surface area contributed by atoms with Gasteiger partial charge in [-0.1, -0.05) is 0 Å². The first kappa shape index (κ1) is 18.7. The fraction of sp³-hybridized carbons (Fsp3) is 0.200. The molecule has 3 aromatic rings. The summed E-state index contributed by atoms with van der Waals surface area (Å²) in [5.41, 5.74) is 1.78. The molecule has 0 saturated carbocycles. The molecule has 1 aromatic carbocycles. The van der Waals surface area contributed by atoms with Crippen LogP contribution in [0.5, 0.6) is 17.2 Å². The first-order chi connectivity index (χ1) is 13.2. The van der Waals surface area contributed by atoms with Gasteiger partial charge in [0, 0.05) is 45.8 Å². The molecule has 2 aromatic heterocycles. The van der Waals surface area contributed by atoms with Crippen molar-refractivity contribution >= 4 is 29.1 Å². The van der Waals surface area contributed by atoms with E-state index >= 15 is 0 Å². The molecule has 0 spiro atoms. The van der Waals surface area contributed by atoms with Crippen molar-refractivity contribution in [3.63, 3.8) is 0 Å². The zero-order valence-corrected chi connectivity index (χ0v) is 16.1. The van der Waals surface area contributed by atoms with Crippen LogP contribution in [-0.4, -0.2) is 32.6 Å². The Morgan fingerprint density at radius 3 is 2.33 bits per heavy atom. The van der Waals surface area contributed by atoms with Crippen molar-refractivity contribution in [3.8, 4) is 27.7 Å². The smallest absolute Gasteiger partial charge is 0.203 e. The molecule has 1 N–H and O–H groups in total. The lowest BCUT2D eigenvalue weighted by Crippen LogP contribution is -1.98. The molecule has 0 radical (unpaired) electrons. The second-order valence-corrected chi connectivity index (χ2v) is 6.78. The molecule has 0 aliphatic carbocycles. The molecule has 6 nitrogen and oxygen atoms in total. The van der Waals surface area contributed by atoms with Crippen LogP contribution in [0, 0.1) is 0 Å². The quantitative estimate of drug-likeness (QED) is 0.583. The number of anilines is 2. The Morgan fingerprint density at radius 2 is 1.78 bits per heavy atom. The molecule has 2 heterocycles. The zero-order valence-electron chi connectivity index (χ0n) is 15.3. The van der Waals surface area contributed by atoms with Gasteiger partial charge in [0.15, 0.2) is 11.5 Å². The predicted octanol–water partition coefficient (Wildman–Crippen LogP) is 4.32. The molecule has 7 heteroatoms. The highest BCUT2D eigenvalue weighted by Crippen LogP contribution is 2.40. The Labute approximate surface area is 161 Å². The van der Waals surface area contributed by atoms with Crippen LogP contribution in [-0.2, 0) is 11.2 Å². The van der Waals surface area contributed by atoms with Crippen LogP contribution in [0.15, 0.2) is 42.6 Å². The van der Waals surface area contributed by atoms with Crippen LogP contribution >= 0.6 is 11.3 Å². The monoisotopic (exact) mass is 384 g/mol. The van der Waals surface area contributed by atoms with Gasteiger partial charge in [0.2, 0.25) is 5.75 Å². The Morgan fingerprint density at radius 1 is 1.04 bits per heavy atom. The van der Waals surface area contributed by atoms with Gasteiger partial charge in [-0.25, -0.2) is 4.98 Å². The first-order valence-corrected chi connectivity index (χ1v) is 9.06. The zero-order chi connectivity index (χ0) is 19.2. The minimum atomic E-state index is 0.443. The van der Waals surface area contributed by atoms with Crippen molar-refractivity contribution in [2.24, 2.45) is 0 Å². The molecular weight excluding hydrogens is 364 g/mol. The second-order valence-electron chi connectivity index (χ2n) is 5.61. The van der Waals surface area contributed by atoms with Crippen LogP contribution in [0.4, 0.5) is 11.5 Å². The number of aromatic nitrogens is 1. The highest BCUT2D eigenvalue weighted by atomic mass is 32.1. The van der Waals surface area contributed by atoms with Gasteiger partial charge in [0.05, 0.1) is 21.3 Å². The van der Waals surface area contributed by atoms with Crippen LogP contribution < -0.4 is 19.5 Å². The van der Waals surface area contributed by atoms with Crippen molar-refractivity contribution in [2.45, 2.75) is 6.42 Å². The summed E-state index contributed by atoms with van der Waals surface area (Å²) in [6, 6.07) is 11.5. The third-order valence-electron chi connectivity index (χ3n) is 3.93. The molecule has 0 saturated heterocycles. The van der Waals surface area contributed by atoms with E-state index in [-0.39, 0.29) is 0 Å². The van der Waals surface area contributed by atoms with E-state index in [1.165, 1.54) is 0 Å². The number of benzene rings is 1. The molecule has 0 aliphatic heterocycles. The summed E-state index contributed by atoms with van der Waals surface area (Å²) in [5, 5.41) is 3.24. The van der Waals surface area contributed by atoms with E-state index in [0.717, 1.165) is 27.3 Å². The average Bonchev–Trinajstić information content (AvgIpc) is 3.16. The summed E-state index contributed by atoms with van der Waals surface area (Å²) >= 11 is 1.60. The maximum Gasteiger partial charge on any atom is 0.203 e. The minimum absolute atomic E-state index is 0.443. The van der Waals surface area contributed by atoms with Crippen LogP contribution in [0.1, 0.15) is 4.88 Å². The van der Waals surface area contributed by atoms with Gasteiger partial charge in [0.25, 0.3) is 0 Å². The van der Waals surface area contributed by atoms with Gasteiger partial charge in [0.1, 0.15) is 12.1 Å². The van der Waals surface area contributed by atoms with Crippen molar-refractivity contribution in [1.29, 1.82) is 0 Å². The summed E-state index contributed by atoms with van der Waals surface area (Å²) in [6.45, 7) is 0.